The van der Waals surface area contributed by atoms with Crippen LogP contribution >= 0.6 is 0 Å². The van der Waals surface area contributed by atoms with Crippen molar-refractivity contribution in [1.29, 1.82) is 5.26 Å². The normalized spacial score (nSPS) is 21.8. The summed E-state index contributed by atoms with van der Waals surface area (Å²) in [6, 6.07) is 4.07. The number of rotatable bonds is 6. The molecule has 2 unspecified atom stereocenters. The number of anilines is 2. The van der Waals surface area contributed by atoms with E-state index in [1.807, 2.05) is 25.3 Å². The van der Waals surface area contributed by atoms with Gasteiger partial charge < -0.3 is 16.0 Å². The zero-order valence-electron chi connectivity index (χ0n) is 16.5. The van der Waals surface area contributed by atoms with Gasteiger partial charge in [-0.1, -0.05) is 19.1 Å². The molecule has 0 aromatic carbocycles. The summed E-state index contributed by atoms with van der Waals surface area (Å²) >= 11 is 0. The van der Waals surface area contributed by atoms with Gasteiger partial charge in [-0.2, -0.15) is 10.2 Å². The molecule has 3 N–H and O–H groups in total. The van der Waals surface area contributed by atoms with Gasteiger partial charge in [0.2, 0.25) is 5.95 Å². The molecule has 144 valence electrons. The minimum atomic E-state index is 0.150. The molecular weight excluding hydrogens is 348 g/mol. The third-order valence-corrected chi connectivity index (χ3v) is 4.92. The van der Waals surface area contributed by atoms with E-state index < -0.39 is 0 Å². The van der Waals surface area contributed by atoms with Gasteiger partial charge in [0.15, 0.2) is 0 Å². The molecule has 6 nitrogen and oxygen atoms in total. The van der Waals surface area contributed by atoms with Crippen LogP contribution in [0, 0.1) is 17.2 Å². The Kier molecular flexibility index (Phi) is 6.28. The number of allylic oxidation sites excluding steroid dienone is 8. The van der Waals surface area contributed by atoms with E-state index in [1.165, 1.54) is 17.3 Å². The average molecular weight is 374 g/mol. The molecule has 1 aromatic heterocycles. The lowest BCUT2D eigenvalue weighted by Crippen LogP contribution is -2.30. The van der Waals surface area contributed by atoms with Crippen molar-refractivity contribution in [3.05, 3.63) is 71.3 Å². The van der Waals surface area contributed by atoms with Gasteiger partial charge in [-0.25, -0.2) is 4.98 Å². The Labute approximate surface area is 166 Å². The summed E-state index contributed by atoms with van der Waals surface area (Å²) < 4.78 is 0. The first-order chi connectivity index (χ1) is 13.6. The monoisotopic (exact) mass is 374 g/mol. The highest BCUT2D eigenvalue weighted by molar-refractivity contribution is 5.49. The fourth-order valence-electron chi connectivity index (χ4n) is 3.45. The van der Waals surface area contributed by atoms with E-state index >= 15 is 0 Å². The lowest BCUT2D eigenvalue weighted by molar-refractivity contribution is 0.625. The topological polar surface area (TPSA) is 85.7 Å². The van der Waals surface area contributed by atoms with Crippen LogP contribution in [0.3, 0.4) is 0 Å². The number of nitrogens with zero attached hydrogens (tertiary/aromatic N) is 3. The summed E-state index contributed by atoms with van der Waals surface area (Å²) in [5.41, 5.74) is 4.61. The number of nitriles is 1. The Hall–Kier alpha value is -3.33. The molecule has 0 saturated heterocycles. The second-order valence-corrected chi connectivity index (χ2v) is 7.02. The van der Waals surface area contributed by atoms with E-state index in [4.69, 9.17) is 5.26 Å². The molecule has 6 heteroatoms. The van der Waals surface area contributed by atoms with Crippen molar-refractivity contribution in [2.45, 2.75) is 32.7 Å². The van der Waals surface area contributed by atoms with Gasteiger partial charge in [-0.3, -0.25) is 0 Å². The summed E-state index contributed by atoms with van der Waals surface area (Å²) in [5, 5.41) is 18.7. The molecule has 2 atom stereocenters. The Morgan fingerprint density at radius 3 is 2.71 bits per heavy atom. The third-order valence-electron chi connectivity index (χ3n) is 4.92. The number of aromatic nitrogens is 2. The van der Waals surface area contributed by atoms with Crippen molar-refractivity contribution >= 4 is 11.8 Å². The third kappa shape index (κ3) is 4.89. The van der Waals surface area contributed by atoms with Gasteiger partial charge in [-0.05, 0) is 61.1 Å². The molecular formula is C22H26N6. The fraction of sp³-hybridized carbons (Fsp3) is 0.318. The second kappa shape index (κ2) is 9.05. The smallest absolute Gasteiger partial charge is 0.228 e. The van der Waals surface area contributed by atoms with Gasteiger partial charge in [-0.15, -0.1) is 0 Å². The van der Waals surface area contributed by atoms with E-state index in [-0.39, 0.29) is 12.0 Å². The molecule has 0 aliphatic heterocycles. The summed E-state index contributed by atoms with van der Waals surface area (Å²) in [7, 11) is 1.94. The fourth-order valence-corrected chi connectivity index (χ4v) is 3.45. The Morgan fingerprint density at radius 2 is 2.04 bits per heavy atom. The first-order valence-corrected chi connectivity index (χ1v) is 9.49. The van der Waals surface area contributed by atoms with Crippen molar-refractivity contribution < 1.29 is 0 Å². The molecule has 0 bridgehead atoms. The molecule has 0 fully saturated rings. The van der Waals surface area contributed by atoms with Crippen LogP contribution in [0.25, 0.3) is 0 Å². The van der Waals surface area contributed by atoms with Crippen LogP contribution in [0.5, 0.6) is 0 Å². The van der Waals surface area contributed by atoms with Crippen molar-refractivity contribution in [3.8, 4) is 6.07 Å². The SMILES string of the molecule is CNC1=CC=C(Nc2nccc(NC3C(C)=CC(/C=C\C#N)=CC3C)n2)CC1. The quantitative estimate of drug-likeness (QED) is 0.651. The van der Waals surface area contributed by atoms with E-state index in [0.717, 1.165) is 29.9 Å². The molecule has 3 rings (SSSR count). The highest BCUT2D eigenvalue weighted by Crippen LogP contribution is 2.26. The maximum atomic E-state index is 8.72. The maximum Gasteiger partial charge on any atom is 0.228 e. The van der Waals surface area contributed by atoms with Crippen LogP contribution < -0.4 is 16.0 Å². The van der Waals surface area contributed by atoms with Gasteiger partial charge in [0.1, 0.15) is 5.82 Å². The zero-order chi connectivity index (χ0) is 19.9. The maximum absolute atomic E-state index is 8.72. The first kappa shape index (κ1) is 19.4. The molecule has 0 saturated carbocycles. The average Bonchev–Trinajstić information content (AvgIpc) is 2.70. The first-order valence-electron chi connectivity index (χ1n) is 9.49. The van der Waals surface area contributed by atoms with Gasteiger partial charge >= 0.3 is 0 Å². The number of hydrogen-bond acceptors (Lipinski definition) is 6. The van der Waals surface area contributed by atoms with Crippen molar-refractivity contribution in [3.63, 3.8) is 0 Å². The molecule has 28 heavy (non-hydrogen) atoms. The van der Waals surface area contributed by atoms with Crippen molar-refractivity contribution in [2.24, 2.45) is 5.92 Å². The molecule has 2 aliphatic rings. The lowest BCUT2D eigenvalue weighted by atomic mass is 9.87. The Balaban J connectivity index is 1.68. The van der Waals surface area contributed by atoms with Crippen molar-refractivity contribution in [2.75, 3.05) is 17.7 Å². The predicted molar refractivity (Wildman–Crippen MR) is 113 cm³/mol. The van der Waals surface area contributed by atoms with Crippen molar-refractivity contribution in [1.82, 2.24) is 15.3 Å². The van der Waals surface area contributed by atoms with Crippen LogP contribution in [-0.4, -0.2) is 23.1 Å². The molecule has 1 heterocycles. The van der Waals surface area contributed by atoms with Crippen LogP contribution in [0.4, 0.5) is 11.8 Å². The van der Waals surface area contributed by atoms with Crippen LogP contribution in [0.1, 0.15) is 26.7 Å². The van der Waals surface area contributed by atoms with E-state index in [1.54, 1.807) is 6.20 Å². The standard InChI is InChI=1S/C22H26N6/c1-15-13-17(5-4-11-23)14-16(2)21(15)27-20-10-12-25-22(28-20)26-19-8-6-18(24-3)7-9-19/h4-6,8,10,12-15,21,24H,7,9H2,1-3H3,(H2,25,26,27,28)/b5-4-. The highest BCUT2D eigenvalue weighted by atomic mass is 15.1. The molecule has 0 radical (unpaired) electrons. The predicted octanol–water partition coefficient (Wildman–Crippen LogP) is 4.05. The minimum absolute atomic E-state index is 0.150. The summed E-state index contributed by atoms with van der Waals surface area (Å²) in [6.07, 6.45) is 15.4. The number of nitrogens with one attached hydrogen (secondary N) is 3. The molecule has 0 spiro atoms. The summed E-state index contributed by atoms with van der Waals surface area (Å²) in [5.74, 6) is 1.66. The van der Waals surface area contributed by atoms with Gasteiger partial charge in [0.25, 0.3) is 0 Å². The number of hydrogen-bond donors (Lipinski definition) is 3. The lowest BCUT2D eigenvalue weighted by Gasteiger charge is -2.28. The zero-order valence-corrected chi connectivity index (χ0v) is 16.5. The van der Waals surface area contributed by atoms with Crippen LogP contribution in [0.15, 0.2) is 71.3 Å². The van der Waals surface area contributed by atoms with Crippen LogP contribution in [0.2, 0.25) is 0 Å². The molecule has 0 amide bonds. The van der Waals surface area contributed by atoms with Gasteiger partial charge in [0, 0.05) is 30.7 Å². The van der Waals surface area contributed by atoms with Crippen LogP contribution in [-0.2, 0) is 0 Å². The second-order valence-electron chi connectivity index (χ2n) is 7.02. The molecule has 1 aromatic rings. The van der Waals surface area contributed by atoms with E-state index in [9.17, 15) is 0 Å². The minimum Gasteiger partial charge on any atom is -0.391 e. The summed E-state index contributed by atoms with van der Waals surface area (Å²) in [6.45, 7) is 4.26. The van der Waals surface area contributed by atoms with E-state index in [2.05, 4.69) is 64.1 Å². The highest BCUT2D eigenvalue weighted by Gasteiger charge is 2.21. The largest absolute Gasteiger partial charge is 0.391 e. The Bertz CT molecular complexity index is 913. The molecule has 2 aliphatic carbocycles. The summed E-state index contributed by atoms with van der Waals surface area (Å²) in [4.78, 5) is 8.97. The van der Waals surface area contributed by atoms with Gasteiger partial charge in [0.05, 0.1) is 12.1 Å². The Morgan fingerprint density at radius 1 is 1.25 bits per heavy atom. The van der Waals surface area contributed by atoms with E-state index in [0.29, 0.717) is 5.95 Å².